The lowest BCUT2D eigenvalue weighted by Gasteiger charge is -2.24. The third-order valence-corrected chi connectivity index (χ3v) is 3.35. The number of methoxy groups -OCH3 is 1. The van der Waals surface area contributed by atoms with Crippen LogP contribution in [0.4, 0.5) is 4.79 Å². The van der Waals surface area contributed by atoms with Gasteiger partial charge in [-0.25, -0.2) is 4.79 Å². The summed E-state index contributed by atoms with van der Waals surface area (Å²) in [5.41, 5.74) is 3.06. The second kappa shape index (κ2) is 6.23. The molecule has 1 heterocycles. The average molecular weight is 275 g/mol. The highest BCUT2D eigenvalue weighted by Gasteiger charge is 2.16. The third kappa shape index (κ3) is 3.38. The van der Waals surface area contributed by atoms with Crippen molar-refractivity contribution in [3.05, 3.63) is 41.5 Å². The predicted molar refractivity (Wildman–Crippen MR) is 74.4 cm³/mol. The Morgan fingerprint density at radius 3 is 2.80 bits per heavy atom. The van der Waals surface area contributed by atoms with E-state index in [2.05, 4.69) is 4.74 Å². The summed E-state index contributed by atoms with van der Waals surface area (Å²) in [5, 5.41) is 8.91. The Morgan fingerprint density at radius 2 is 2.20 bits per heavy atom. The first-order chi connectivity index (χ1) is 9.60. The highest BCUT2D eigenvalue weighted by Crippen LogP contribution is 2.23. The monoisotopic (exact) mass is 275 g/mol. The van der Waals surface area contributed by atoms with Gasteiger partial charge in [0.2, 0.25) is 0 Å². The number of benzene rings is 1. The number of carboxylic acid groups (broad SMARTS) is 1. The number of carbonyl (C=O) groups excluding carboxylic acids is 1. The summed E-state index contributed by atoms with van der Waals surface area (Å²) in [5.74, 6) is -0.267. The molecule has 1 N–H and O–H groups in total. The molecule has 0 aliphatic carbocycles. The zero-order chi connectivity index (χ0) is 14.5. The average Bonchev–Trinajstić information content (AvgIpc) is 2.47. The van der Waals surface area contributed by atoms with Crippen LogP contribution in [0, 0.1) is 0 Å². The topological polar surface area (TPSA) is 66.8 Å². The molecule has 20 heavy (non-hydrogen) atoms. The van der Waals surface area contributed by atoms with Gasteiger partial charge in [0.15, 0.2) is 0 Å². The molecule has 0 spiro atoms. The molecule has 5 heteroatoms. The fourth-order valence-electron chi connectivity index (χ4n) is 2.22. The zero-order valence-electron chi connectivity index (χ0n) is 11.3. The molecule has 1 aliphatic heterocycles. The molecule has 0 saturated carbocycles. The van der Waals surface area contributed by atoms with E-state index in [4.69, 9.17) is 5.11 Å². The van der Waals surface area contributed by atoms with E-state index in [0.29, 0.717) is 19.5 Å². The minimum absolute atomic E-state index is 0.249. The molecule has 5 nitrogen and oxygen atoms in total. The second-order valence-electron chi connectivity index (χ2n) is 4.66. The number of hydrogen-bond acceptors (Lipinski definition) is 3. The molecule has 1 aliphatic rings. The second-order valence-corrected chi connectivity index (χ2v) is 4.66. The van der Waals surface area contributed by atoms with Crippen molar-refractivity contribution >= 4 is 17.6 Å². The van der Waals surface area contributed by atoms with Gasteiger partial charge >= 0.3 is 12.1 Å². The van der Waals surface area contributed by atoms with Crippen molar-refractivity contribution < 1.29 is 19.4 Å². The smallest absolute Gasteiger partial charge is 0.407 e. The molecule has 1 aromatic carbocycles. The van der Waals surface area contributed by atoms with Crippen LogP contribution in [0.2, 0.25) is 0 Å². The van der Waals surface area contributed by atoms with E-state index in [0.717, 1.165) is 16.7 Å². The fourth-order valence-corrected chi connectivity index (χ4v) is 2.22. The van der Waals surface area contributed by atoms with Crippen molar-refractivity contribution in [2.24, 2.45) is 0 Å². The molecule has 0 radical (unpaired) electrons. The first-order valence-corrected chi connectivity index (χ1v) is 6.43. The van der Waals surface area contributed by atoms with Crippen LogP contribution in [-0.4, -0.2) is 42.3 Å². The van der Waals surface area contributed by atoms with Crippen molar-refractivity contribution in [1.29, 1.82) is 0 Å². The lowest BCUT2D eigenvalue weighted by molar-refractivity contribution is -0.139. The number of amides is 1. The Labute approximate surface area is 117 Å². The van der Waals surface area contributed by atoms with Crippen LogP contribution in [-0.2, 0) is 16.0 Å². The Hall–Kier alpha value is -2.30. The van der Waals surface area contributed by atoms with E-state index in [-0.39, 0.29) is 12.4 Å². The van der Waals surface area contributed by atoms with Crippen molar-refractivity contribution in [1.82, 2.24) is 4.90 Å². The number of esters is 1. The van der Waals surface area contributed by atoms with E-state index < -0.39 is 6.09 Å². The van der Waals surface area contributed by atoms with Crippen LogP contribution >= 0.6 is 0 Å². The highest BCUT2D eigenvalue weighted by molar-refractivity contribution is 5.74. The molecule has 106 valence electrons. The summed E-state index contributed by atoms with van der Waals surface area (Å²) in [6.07, 6.45) is 1.97. The van der Waals surface area contributed by atoms with E-state index in [1.165, 1.54) is 12.0 Å². The van der Waals surface area contributed by atoms with Gasteiger partial charge in [0.1, 0.15) is 0 Å². The van der Waals surface area contributed by atoms with E-state index >= 15 is 0 Å². The largest absolute Gasteiger partial charge is 0.469 e. The van der Waals surface area contributed by atoms with Crippen molar-refractivity contribution in [3.63, 3.8) is 0 Å². The number of hydrogen-bond donors (Lipinski definition) is 1. The highest BCUT2D eigenvalue weighted by atomic mass is 16.5. The molecule has 1 aromatic rings. The van der Waals surface area contributed by atoms with Crippen LogP contribution in [0.25, 0.3) is 5.57 Å². The number of carbonyl (C=O) groups is 2. The quantitative estimate of drug-likeness (QED) is 0.858. The van der Waals surface area contributed by atoms with Gasteiger partial charge in [-0.15, -0.1) is 0 Å². The van der Waals surface area contributed by atoms with Crippen LogP contribution in [0.1, 0.15) is 17.5 Å². The summed E-state index contributed by atoms with van der Waals surface area (Å²) in [7, 11) is 1.37. The minimum Gasteiger partial charge on any atom is -0.469 e. The van der Waals surface area contributed by atoms with Gasteiger partial charge in [-0.05, 0) is 23.1 Å². The molecule has 0 unspecified atom stereocenters. The normalized spacial score (nSPS) is 14.7. The number of ether oxygens (including phenoxy) is 1. The van der Waals surface area contributed by atoms with Crippen LogP contribution in [0.3, 0.4) is 0 Å². The molecule has 2 rings (SSSR count). The minimum atomic E-state index is -0.889. The maximum absolute atomic E-state index is 11.3. The van der Waals surface area contributed by atoms with Gasteiger partial charge in [-0.3, -0.25) is 4.79 Å². The van der Waals surface area contributed by atoms with Gasteiger partial charge < -0.3 is 14.7 Å². The van der Waals surface area contributed by atoms with Gasteiger partial charge in [-0.1, -0.05) is 30.3 Å². The fraction of sp³-hybridized carbons (Fsp3) is 0.333. The number of nitrogens with zero attached hydrogens (tertiary/aromatic N) is 1. The maximum atomic E-state index is 11.3. The zero-order valence-corrected chi connectivity index (χ0v) is 11.3. The predicted octanol–water partition coefficient (Wildman–Crippen LogP) is 2.17. The lowest BCUT2D eigenvalue weighted by Crippen LogP contribution is -2.33. The first kappa shape index (κ1) is 14.1. The maximum Gasteiger partial charge on any atom is 0.407 e. The van der Waals surface area contributed by atoms with Crippen molar-refractivity contribution in [3.8, 4) is 0 Å². The van der Waals surface area contributed by atoms with Gasteiger partial charge in [-0.2, -0.15) is 0 Å². The first-order valence-electron chi connectivity index (χ1n) is 6.43. The van der Waals surface area contributed by atoms with E-state index in [1.807, 2.05) is 30.3 Å². The summed E-state index contributed by atoms with van der Waals surface area (Å²) in [4.78, 5) is 23.5. The summed E-state index contributed by atoms with van der Waals surface area (Å²) < 4.78 is 4.65. The van der Waals surface area contributed by atoms with E-state index in [9.17, 15) is 9.59 Å². The number of rotatable bonds is 3. The van der Waals surface area contributed by atoms with Crippen molar-refractivity contribution in [2.75, 3.05) is 20.2 Å². The van der Waals surface area contributed by atoms with Gasteiger partial charge in [0, 0.05) is 13.1 Å². The SMILES string of the molecule is COC(=O)Cc1cccc(C2=CCN(C(=O)O)CC2)c1. The molecule has 0 saturated heterocycles. The van der Waals surface area contributed by atoms with Gasteiger partial charge in [0.25, 0.3) is 0 Å². The van der Waals surface area contributed by atoms with Crippen LogP contribution in [0.5, 0.6) is 0 Å². The van der Waals surface area contributed by atoms with Crippen LogP contribution in [0.15, 0.2) is 30.3 Å². The Morgan fingerprint density at radius 1 is 1.40 bits per heavy atom. The molecule has 0 atom stereocenters. The van der Waals surface area contributed by atoms with Crippen molar-refractivity contribution in [2.45, 2.75) is 12.8 Å². The molecule has 1 amide bonds. The molecule has 0 aromatic heterocycles. The summed E-state index contributed by atoms with van der Waals surface area (Å²) >= 11 is 0. The van der Waals surface area contributed by atoms with Gasteiger partial charge in [0.05, 0.1) is 13.5 Å². The van der Waals surface area contributed by atoms with Crippen LogP contribution < -0.4 is 0 Å². The summed E-state index contributed by atoms with van der Waals surface area (Å²) in [6.45, 7) is 0.911. The molecule has 0 fully saturated rings. The Bertz CT molecular complexity index is 551. The molecule has 0 bridgehead atoms. The lowest BCUT2D eigenvalue weighted by atomic mass is 9.97. The Kier molecular flexibility index (Phi) is 4.40. The molecular formula is C15H17NO4. The molecular weight excluding hydrogens is 258 g/mol. The standard InChI is InChI=1S/C15H17NO4/c1-20-14(17)10-11-3-2-4-13(9-11)12-5-7-16(8-6-12)15(18)19/h2-5,9H,6-8,10H2,1H3,(H,18,19). The van der Waals surface area contributed by atoms with E-state index in [1.54, 1.807) is 0 Å². The summed E-state index contributed by atoms with van der Waals surface area (Å²) in [6, 6.07) is 7.72. The Balaban J connectivity index is 2.12. The third-order valence-electron chi connectivity index (χ3n) is 3.35.